The molecule has 4 heterocycles. The van der Waals surface area contributed by atoms with E-state index in [9.17, 15) is 19.5 Å². The topological polar surface area (TPSA) is 155 Å². The summed E-state index contributed by atoms with van der Waals surface area (Å²) in [6, 6.07) is 11.9. The van der Waals surface area contributed by atoms with Crippen LogP contribution < -0.4 is 26.0 Å². The van der Waals surface area contributed by atoms with Gasteiger partial charge in [-0.3, -0.25) is 14.4 Å². The molecule has 1 aromatic heterocycles. The summed E-state index contributed by atoms with van der Waals surface area (Å²) < 4.78 is 13.4. The fourth-order valence-electron chi connectivity index (χ4n) is 7.73. The van der Waals surface area contributed by atoms with Gasteiger partial charge >= 0.3 is 0 Å². The number of amides is 3. The van der Waals surface area contributed by atoms with Crippen molar-refractivity contribution in [2.24, 2.45) is 17.8 Å². The zero-order valence-electron chi connectivity index (χ0n) is 28.0. The van der Waals surface area contributed by atoms with E-state index in [0.717, 1.165) is 48.1 Å². The maximum atomic E-state index is 14.2. The number of anilines is 1. The van der Waals surface area contributed by atoms with Crippen molar-refractivity contribution in [1.29, 1.82) is 0 Å². The van der Waals surface area contributed by atoms with Crippen molar-refractivity contribution in [2.75, 3.05) is 11.9 Å². The first kappa shape index (κ1) is 32.2. The Morgan fingerprint density at radius 1 is 1.04 bits per heavy atom. The lowest BCUT2D eigenvalue weighted by molar-refractivity contribution is -0.135. The van der Waals surface area contributed by atoms with E-state index in [4.69, 9.17) is 14.1 Å². The standard InChI is InChI=1S/C37H45N5O6/c1-19(2)28-35-42-29(33(45)38-18-21-10-6-5-7-11-21)31(48-35)37-23-12-8-9-13-25(23)40-36(37)47-27-15-14-22(16-24(27)37)17-26(32(44)41-28)39-34(46)30(43)20(3)4/h8-9,12-16,19-21,26,28,30,36,40,43H,5-7,10-11,17-18H2,1-4H3,(H,38,45)(H,39,46)(H,41,44)/t26-,28-,30-,36?,37-/m0/s1. The van der Waals surface area contributed by atoms with E-state index in [1.54, 1.807) is 13.8 Å². The van der Waals surface area contributed by atoms with Crippen molar-refractivity contribution in [3.05, 3.63) is 76.5 Å². The molecule has 254 valence electrons. The zero-order valence-corrected chi connectivity index (χ0v) is 28.0. The van der Waals surface area contributed by atoms with Crippen molar-refractivity contribution in [2.45, 2.75) is 96.1 Å². The molecule has 5 N–H and O–H groups in total. The van der Waals surface area contributed by atoms with E-state index in [0.29, 0.717) is 24.0 Å². The molecule has 1 unspecified atom stereocenters. The third kappa shape index (κ3) is 5.41. The van der Waals surface area contributed by atoms with E-state index in [1.807, 2.05) is 56.3 Å². The summed E-state index contributed by atoms with van der Waals surface area (Å²) in [5.41, 5.74) is 2.39. The molecule has 3 aliphatic heterocycles. The summed E-state index contributed by atoms with van der Waals surface area (Å²) >= 11 is 0. The SMILES string of the molecule is CC(C)[C@H](O)C(=O)N[C@H]1Cc2ccc3c(c2)[C@@]2(c4ccccc4NC2O3)c2oc(nc2C(=O)NCC2CCCCC2)[C@H](C(C)C)NC1=O. The van der Waals surface area contributed by atoms with Crippen LogP contribution in [0.4, 0.5) is 5.69 Å². The van der Waals surface area contributed by atoms with E-state index >= 15 is 0 Å². The molecule has 5 atom stereocenters. The number of benzene rings is 2. The molecule has 0 saturated heterocycles. The van der Waals surface area contributed by atoms with Crippen molar-refractivity contribution in [3.63, 3.8) is 0 Å². The second-order valence-corrected chi connectivity index (χ2v) is 14.5. The Bertz CT molecular complexity index is 1730. The highest BCUT2D eigenvalue weighted by atomic mass is 16.5. The van der Waals surface area contributed by atoms with Crippen LogP contribution in [0, 0.1) is 17.8 Å². The highest BCUT2D eigenvalue weighted by molar-refractivity contribution is 5.95. The maximum absolute atomic E-state index is 14.2. The van der Waals surface area contributed by atoms with Crippen molar-refractivity contribution >= 4 is 23.4 Å². The van der Waals surface area contributed by atoms with Gasteiger partial charge in [-0.2, -0.15) is 0 Å². The molecule has 0 radical (unpaired) electrons. The molecule has 4 aliphatic rings. The van der Waals surface area contributed by atoms with Gasteiger partial charge in [0.1, 0.15) is 29.4 Å². The number of aromatic nitrogens is 1. The predicted octanol–water partition coefficient (Wildman–Crippen LogP) is 4.33. The number of aliphatic hydroxyl groups is 1. The summed E-state index contributed by atoms with van der Waals surface area (Å²) in [4.78, 5) is 46.1. The molecule has 1 spiro atoms. The second-order valence-electron chi connectivity index (χ2n) is 14.5. The Balaban J connectivity index is 1.39. The second kappa shape index (κ2) is 12.6. The molecule has 3 amide bonds. The maximum Gasteiger partial charge on any atom is 0.273 e. The Morgan fingerprint density at radius 3 is 2.56 bits per heavy atom. The van der Waals surface area contributed by atoms with Gasteiger partial charge in [-0.25, -0.2) is 4.98 Å². The fourth-order valence-corrected chi connectivity index (χ4v) is 7.73. The molecule has 3 aromatic rings. The molecule has 11 heteroatoms. The molecule has 48 heavy (non-hydrogen) atoms. The lowest BCUT2D eigenvalue weighted by Gasteiger charge is -2.29. The van der Waals surface area contributed by atoms with E-state index < -0.39 is 41.6 Å². The van der Waals surface area contributed by atoms with Crippen molar-refractivity contribution in [3.8, 4) is 5.75 Å². The van der Waals surface area contributed by atoms with Gasteiger partial charge in [-0.05, 0) is 53.9 Å². The van der Waals surface area contributed by atoms with Gasteiger partial charge in [0.05, 0.1) is 0 Å². The summed E-state index contributed by atoms with van der Waals surface area (Å²) in [7, 11) is 0. The molecular formula is C37H45N5O6. The molecule has 2 aromatic carbocycles. The number of oxazole rings is 1. The number of ether oxygens (including phenoxy) is 1. The van der Waals surface area contributed by atoms with Gasteiger partial charge in [0, 0.05) is 24.2 Å². The molecule has 1 saturated carbocycles. The quantitative estimate of drug-likeness (QED) is 0.252. The number of nitrogens with zero attached hydrogens (tertiary/aromatic N) is 1. The van der Waals surface area contributed by atoms with Crippen LogP contribution in [0.1, 0.15) is 105 Å². The van der Waals surface area contributed by atoms with Crippen LogP contribution >= 0.6 is 0 Å². The van der Waals surface area contributed by atoms with Gasteiger partial charge < -0.3 is 35.5 Å². The number of carbonyl (C=O) groups excluding carboxylic acids is 3. The lowest BCUT2D eigenvalue weighted by Crippen LogP contribution is -2.52. The Morgan fingerprint density at radius 2 is 1.81 bits per heavy atom. The Labute approximate surface area is 280 Å². The number of hydrogen-bond donors (Lipinski definition) is 5. The average Bonchev–Trinajstić information content (AvgIpc) is 3.74. The monoisotopic (exact) mass is 655 g/mol. The fraction of sp³-hybridized carbons (Fsp3) is 0.514. The molecule has 7 rings (SSSR count). The van der Waals surface area contributed by atoms with Crippen LogP contribution in [0.25, 0.3) is 0 Å². The van der Waals surface area contributed by atoms with Crippen molar-refractivity contribution < 1.29 is 28.6 Å². The van der Waals surface area contributed by atoms with E-state index in [-0.39, 0.29) is 35.7 Å². The third-order valence-corrected chi connectivity index (χ3v) is 10.4. The molecule has 4 bridgehead atoms. The van der Waals surface area contributed by atoms with Gasteiger partial charge in [0.15, 0.2) is 17.7 Å². The van der Waals surface area contributed by atoms with E-state index in [2.05, 4.69) is 21.3 Å². The zero-order chi connectivity index (χ0) is 33.7. The van der Waals surface area contributed by atoms with Crippen LogP contribution in [0.3, 0.4) is 0 Å². The number of para-hydroxylation sites is 1. The normalized spacial score (nSPS) is 25.1. The largest absolute Gasteiger partial charge is 0.469 e. The van der Waals surface area contributed by atoms with E-state index in [1.165, 1.54) is 6.42 Å². The summed E-state index contributed by atoms with van der Waals surface area (Å²) in [6.07, 6.45) is 3.98. The highest BCUT2D eigenvalue weighted by Crippen LogP contribution is 2.58. The number of carbonyl (C=O) groups is 3. The van der Waals surface area contributed by atoms with Crippen LogP contribution in [0.15, 0.2) is 46.9 Å². The first-order valence-electron chi connectivity index (χ1n) is 17.3. The lowest BCUT2D eigenvalue weighted by atomic mass is 9.72. The number of rotatable bonds is 7. The third-order valence-electron chi connectivity index (χ3n) is 10.4. The minimum Gasteiger partial charge on any atom is -0.469 e. The number of hydrogen-bond acceptors (Lipinski definition) is 8. The van der Waals surface area contributed by atoms with Crippen LogP contribution in [0.5, 0.6) is 5.75 Å². The number of nitrogens with one attached hydrogen (secondary N) is 4. The van der Waals surface area contributed by atoms with Crippen LogP contribution in [-0.2, 0) is 21.4 Å². The molecular weight excluding hydrogens is 610 g/mol. The first-order chi connectivity index (χ1) is 23.1. The number of aliphatic hydroxyl groups excluding tert-OH is 1. The smallest absolute Gasteiger partial charge is 0.273 e. The van der Waals surface area contributed by atoms with Crippen molar-refractivity contribution in [1.82, 2.24) is 20.9 Å². The first-order valence-corrected chi connectivity index (χ1v) is 17.3. The minimum absolute atomic E-state index is 0.162. The predicted molar refractivity (Wildman–Crippen MR) is 178 cm³/mol. The molecule has 11 nitrogen and oxygen atoms in total. The number of fused-ring (bicyclic) bond motifs is 4. The summed E-state index contributed by atoms with van der Waals surface area (Å²) in [5, 5.41) is 23.1. The Kier molecular flexibility index (Phi) is 8.43. The average molecular weight is 656 g/mol. The summed E-state index contributed by atoms with van der Waals surface area (Å²) in [5.74, 6) is -0.321. The Hall–Kier alpha value is -4.38. The van der Waals surface area contributed by atoms with Crippen LogP contribution in [0.2, 0.25) is 0 Å². The highest BCUT2D eigenvalue weighted by Gasteiger charge is 2.61. The summed E-state index contributed by atoms with van der Waals surface area (Å²) in [6.45, 7) is 7.91. The molecule has 1 aliphatic carbocycles. The van der Waals surface area contributed by atoms with Gasteiger partial charge in [-0.1, -0.05) is 77.3 Å². The van der Waals surface area contributed by atoms with Gasteiger partial charge in [-0.15, -0.1) is 0 Å². The van der Waals surface area contributed by atoms with Gasteiger partial charge in [0.2, 0.25) is 17.7 Å². The van der Waals surface area contributed by atoms with Crippen LogP contribution in [-0.4, -0.2) is 52.7 Å². The molecule has 1 fully saturated rings. The minimum atomic E-state index is -1.28. The van der Waals surface area contributed by atoms with Gasteiger partial charge in [0.25, 0.3) is 5.91 Å².